The van der Waals surface area contributed by atoms with Crippen LogP contribution in [-0.4, -0.2) is 17.7 Å². The van der Waals surface area contributed by atoms with E-state index in [2.05, 4.69) is 10.6 Å². The minimum atomic E-state index is -0.837. The maximum atomic E-state index is 13.5. The number of hydrogen-bond donors (Lipinski definition) is 3. The molecule has 0 aliphatic rings. The second kappa shape index (κ2) is 7.24. The van der Waals surface area contributed by atoms with E-state index >= 15 is 0 Å². The average Bonchev–Trinajstić information content (AvgIpc) is 2.49. The molecule has 0 aliphatic carbocycles. The fourth-order valence-corrected chi connectivity index (χ4v) is 2.19. The molecule has 1 atom stereocenters. The fraction of sp³-hybridized carbons (Fsp3) is 0.188. The Morgan fingerprint density at radius 3 is 2.77 bits per heavy atom. The predicted molar refractivity (Wildman–Crippen MR) is 84.6 cm³/mol. The van der Waals surface area contributed by atoms with Gasteiger partial charge in [0.2, 0.25) is 0 Å². The SMILES string of the molecule is Cc1ccccc1C(O)CNC(=O)Nc1cc(Cl)ccc1F. The number of hydrogen-bond acceptors (Lipinski definition) is 2. The minimum absolute atomic E-state index is 0.0128. The molecule has 0 fully saturated rings. The van der Waals surface area contributed by atoms with Gasteiger partial charge in [-0.1, -0.05) is 35.9 Å². The van der Waals surface area contributed by atoms with Gasteiger partial charge in [0.25, 0.3) is 0 Å². The fourth-order valence-electron chi connectivity index (χ4n) is 2.02. The second-order valence-electron chi connectivity index (χ2n) is 4.83. The van der Waals surface area contributed by atoms with E-state index in [9.17, 15) is 14.3 Å². The molecule has 0 aromatic heterocycles. The molecule has 6 heteroatoms. The van der Waals surface area contributed by atoms with E-state index in [1.54, 1.807) is 6.07 Å². The van der Waals surface area contributed by atoms with Crippen molar-refractivity contribution in [2.75, 3.05) is 11.9 Å². The van der Waals surface area contributed by atoms with Crippen LogP contribution in [0, 0.1) is 12.7 Å². The van der Waals surface area contributed by atoms with Crippen molar-refractivity contribution in [3.63, 3.8) is 0 Å². The third-order valence-electron chi connectivity index (χ3n) is 3.18. The van der Waals surface area contributed by atoms with E-state index in [4.69, 9.17) is 11.6 Å². The van der Waals surface area contributed by atoms with Gasteiger partial charge in [-0.2, -0.15) is 0 Å². The summed E-state index contributed by atoms with van der Waals surface area (Å²) in [5.74, 6) is -0.584. The van der Waals surface area contributed by atoms with Gasteiger partial charge in [0.05, 0.1) is 11.8 Å². The van der Waals surface area contributed by atoms with E-state index in [1.807, 2.05) is 25.1 Å². The molecule has 0 aliphatic heterocycles. The number of carbonyl (C=O) groups is 1. The molecular weight excluding hydrogens is 307 g/mol. The van der Waals surface area contributed by atoms with Gasteiger partial charge in [0, 0.05) is 11.6 Å². The largest absolute Gasteiger partial charge is 0.387 e. The van der Waals surface area contributed by atoms with E-state index in [0.29, 0.717) is 5.02 Å². The Kier molecular flexibility index (Phi) is 5.35. The molecule has 4 nitrogen and oxygen atoms in total. The maximum Gasteiger partial charge on any atom is 0.319 e. The first-order valence-electron chi connectivity index (χ1n) is 6.71. The zero-order valence-corrected chi connectivity index (χ0v) is 12.7. The van der Waals surface area contributed by atoms with E-state index < -0.39 is 18.0 Å². The van der Waals surface area contributed by atoms with Crippen molar-refractivity contribution in [3.05, 3.63) is 64.4 Å². The number of halogens is 2. The lowest BCUT2D eigenvalue weighted by molar-refractivity contribution is 0.174. The van der Waals surface area contributed by atoms with Crippen LogP contribution < -0.4 is 10.6 Å². The molecule has 0 radical (unpaired) electrons. The molecule has 2 amide bonds. The highest BCUT2D eigenvalue weighted by atomic mass is 35.5. The van der Waals surface area contributed by atoms with Gasteiger partial charge in [0.15, 0.2) is 0 Å². The van der Waals surface area contributed by atoms with Crippen LogP contribution in [0.3, 0.4) is 0 Å². The Bertz CT molecular complexity index is 679. The number of amides is 2. The number of urea groups is 1. The first-order valence-corrected chi connectivity index (χ1v) is 7.08. The van der Waals surface area contributed by atoms with Gasteiger partial charge in [-0.05, 0) is 36.2 Å². The van der Waals surface area contributed by atoms with E-state index in [1.165, 1.54) is 18.2 Å². The standard InChI is InChI=1S/C16H16ClFN2O2/c1-10-4-2-3-5-12(10)15(21)9-19-16(22)20-14-8-11(17)6-7-13(14)18/h2-8,15,21H,9H2,1H3,(H2,19,20,22). The van der Waals surface area contributed by atoms with Crippen LogP contribution in [0.4, 0.5) is 14.9 Å². The molecular formula is C16H16ClFN2O2. The van der Waals surface area contributed by atoms with Gasteiger partial charge in [-0.3, -0.25) is 0 Å². The Hall–Kier alpha value is -2.11. The molecule has 0 spiro atoms. The Morgan fingerprint density at radius 1 is 1.32 bits per heavy atom. The van der Waals surface area contributed by atoms with Crippen molar-refractivity contribution in [2.24, 2.45) is 0 Å². The zero-order chi connectivity index (χ0) is 16.1. The molecule has 2 aromatic carbocycles. The van der Waals surface area contributed by atoms with Crippen LogP contribution in [0.1, 0.15) is 17.2 Å². The monoisotopic (exact) mass is 322 g/mol. The first-order chi connectivity index (χ1) is 10.5. The van der Waals surface area contributed by atoms with Crippen LogP contribution in [0.15, 0.2) is 42.5 Å². The summed E-state index contributed by atoms with van der Waals surface area (Å²) < 4.78 is 13.5. The predicted octanol–water partition coefficient (Wildman–Crippen LogP) is 3.64. The van der Waals surface area contributed by atoms with Crippen molar-refractivity contribution in [1.82, 2.24) is 5.32 Å². The molecule has 2 aromatic rings. The van der Waals surface area contributed by atoms with Crippen molar-refractivity contribution >= 4 is 23.3 Å². The summed E-state index contributed by atoms with van der Waals surface area (Å²) >= 11 is 5.75. The summed E-state index contributed by atoms with van der Waals surface area (Å²) in [5.41, 5.74) is 1.64. The van der Waals surface area contributed by atoms with Crippen molar-refractivity contribution in [1.29, 1.82) is 0 Å². The number of rotatable bonds is 4. The van der Waals surface area contributed by atoms with Gasteiger partial charge in [0.1, 0.15) is 5.82 Å². The summed E-state index contributed by atoms with van der Waals surface area (Å²) in [6.45, 7) is 1.89. The smallest absolute Gasteiger partial charge is 0.319 e. The van der Waals surface area contributed by atoms with Crippen LogP contribution in [0.25, 0.3) is 0 Å². The molecule has 116 valence electrons. The Morgan fingerprint density at radius 2 is 2.05 bits per heavy atom. The summed E-state index contributed by atoms with van der Waals surface area (Å²) in [5, 5.41) is 15.2. The van der Waals surface area contributed by atoms with Gasteiger partial charge in [-0.25, -0.2) is 9.18 Å². The molecule has 0 saturated carbocycles. The molecule has 0 heterocycles. The molecule has 0 bridgehead atoms. The summed E-state index contributed by atoms with van der Waals surface area (Å²) in [4.78, 5) is 11.8. The highest BCUT2D eigenvalue weighted by Crippen LogP contribution is 2.19. The van der Waals surface area contributed by atoms with Gasteiger partial charge < -0.3 is 15.7 Å². The lowest BCUT2D eigenvalue weighted by Crippen LogP contribution is -2.32. The highest BCUT2D eigenvalue weighted by molar-refractivity contribution is 6.30. The molecule has 0 saturated heterocycles. The molecule has 3 N–H and O–H groups in total. The minimum Gasteiger partial charge on any atom is -0.387 e. The summed E-state index contributed by atoms with van der Waals surface area (Å²) in [6, 6.07) is 10.6. The number of benzene rings is 2. The number of aryl methyl sites for hydroxylation is 1. The van der Waals surface area contributed by atoms with Crippen molar-refractivity contribution < 1.29 is 14.3 Å². The second-order valence-corrected chi connectivity index (χ2v) is 5.27. The highest BCUT2D eigenvalue weighted by Gasteiger charge is 2.12. The topological polar surface area (TPSA) is 61.4 Å². The number of anilines is 1. The van der Waals surface area contributed by atoms with Crippen molar-refractivity contribution in [2.45, 2.75) is 13.0 Å². The third-order valence-corrected chi connectivity index (χ3v) is 3.42. The van der Waals surface area contributed by atoms with Gasteiger partial charge in [-0.15, -0.1) is 0 Å². The van der Waals surface area contributed by atoms with Crippen LogP contribution in [0.2, 0.25) is 5.02 Å². The van der Waals surface area contributed by atoms with E-state index in [0.717, 1.165) is 11.1 Å². The van der Waals surface area contributed by atoms with Crippen LogP contribution in [-0.2, 0) is 0 Å². The van der Waals surface area contributed by atoms with Crippen LogP contribution >= 0.6 is 11.6 Å². The first kappa shape index (κ1) is 16.3. The Balaban J connectivity index is 1.93. The number of aliphatic hydroxyl groups excluding tert-OH is 1. The average molecular weight is 323 g/mol. The molecule has 2 rings (SSSR count). The number of nitrogens with one attached hydrogen (secondary N) is 2. The Labute approximate surface area is 132 Å². The molecule has 1 unspecified atom stereocenters. The van der Waals surface area contributed by atoms with Crippen molar-refractivity contribution in [3.8, 4) is 0 Å². The molecule has 22 heavy (non-hydrogen) atoms. The summed E-state index contributed by atoms with van der Waals surface area (Å²) in [6.07, 6.45) is -0.837. The van der Waals surface area contributed by atoms with E-state index in [-0.39, 0.29) is 12.2 Å². The van der Waals surface area contributed by atoms with Gasteiger partial charge >= 0.3 is 6.03 Å². The normalized spacial score (nSPS) is 11.8. The number of carbonyl (C=O) groups excluding carboxylic acids is 1. The number of aliphatic hydroxyl groups is 1. The maximum absolute atomic E-state index is 13.5. The lowest BCUT2D eigenvalue weighted by Gasteiger charge is -2.15. The zero-order valence-electron chi connectivity index (χ0n) is 11.9. The quantitative estimate of drug-likeness (QED) is 0.804. The summed E-state index contributed by atoms with van der Waals surface area (Å²) in [7, 11) is 0. The van der Waals surface area contributed by atoms with Crippen LogP contribution in [0.5, 0.6) is 0 Å². The lowest BCUT2D eigenvalue weighted by atomic mass is 10.0. The third kappa shape index (κ3) is 4.19.